The highest BCUT2D eigenvalue weighted by Crippen LogP contribution is 2.37. The molecule has 2 N–H and O–H groups in total. The second-order valence-corrected chi connectivity index (χ2v) is 8.73. The molecule has 2 aliphatic heterocycles. The molecular weight excluding hydrogens is 556 g/mol. The topological polar surface area (TPSA) is 131 Å². The molecule has 16 heteroatoms. The van der Waals surface area contributed by atoms with Crippen LogP contribution in [-0.4, -0.2) is 87.9 Å². The Balaban J connectivity index is 0.000000333. The fourth-order valence-corrected chi connectivity index (χ4v) is 3.92. The number of aromatic nitrogens is 2. The van der Waals surface area contributed by atoms with Crippen LogP contribution in [0.4, 0.5) is 26.3 Å². The number of halogens is 6. The Kier molecular flexibility index (Phi) is 11.6. The van der Waals surface area contributed by atoms with Crippen LogP contribution in [0.1, 0.15) is 24.0 Å². The van der Waals surface area contributed by atoms with E-state index in [9.17, 15) is 26.3 Å². The third-order valence-electron chi connectivity index (χ3n) is 5.70. The normalized spacial score (nSPS) is 20.7. The Morgan fingerprint density at radius 2 is 1.73 bits per heavy atom. The molecular formula is C24H27F6N3O7. The fourth-order valence-electron chi connectivity index (χ4n) is 3.92. The highest BCUT2D eigenvalue weighted by atomic mass is 19.4. The van der Waals surface area contributed by atoms with Crippen LogP contribution in [0.2, 0.25) is 0 Å². The zero-order valence-electron chi connectivity index (χ0n) is 21.1. The van der Waals surface area contributed by atoms with Gasteiger partial charge < -0.3 is 24.4 Å². The van der Waals surface area contributed by atoms with E-state index in [1.54, 1.807) is 19.5 Å². The molecule has 40 heavy (non-hydrogen) atoms. The van der Waals surface area contributed by atoms with Gasteiger partial charge in [-0.05, 0) is 24.1 Å². The van der Waals surface area contributed by atoms with Crippen molar-refractivity contribution in [1.29, 1.82) is 0 Å². The Morgan fingerprint density at radius 3 is 2.27 bits per heavy atom. The number of ether oxygens (including phenoxy) is 3. The second kappa shape index (κ2) is 14.2. The molecule has 2 aliphatic rings. The average molecular weight is 583 g/mol. The molecule has 1 spiro atoms. The smallest absolute Gasteiger partial charge is 0.481 e. The Bertz CT molecular complexity index is 1080. The van der Waals surface area contributed by atoms with Crippen molar-refractivity contribution < 1.29 is 60.4 Å². The Morgan fingerprint density at radius 1 is 1.10 bits per heavy atom. The minimum Gasteiger partial charge on any atom is -0.481 e. The van der Waals surface area contributed by atoms with Crippen molar-refractivity contribution in [3.63, 3.8) is 0 Å². The highest BCUT2D eigenvalue weighted by molar-refractivity contribution is 5.73. The number of rotatable bonds is 6. The van der Waals surface area contributed by atoms with Gasteiger partial charge in [0.1, 0.15) is 0 Å². The largest absolute Gasteiger partial charge is 0.490 e. The number of nitrogens with zero attached hydrogens (tertiary/aromatic N) is 3. The van der Waals surface area contributed by atoms with E-state index in [-0.39, 0.29) is 11.7 Å². The highest BCUT2D eigenvalue weighted by Gasteiger charge is 2.46. The summed E-state index contributed by atoms with van der Waals surface area (Å²) in [6, 6.07) is 8.01. The molecule has 0 bridgehead atoms. The van der Waals surface area contributed by atoms with E-state index in [0.717, 1.165) is 43.6 Å². The van der Waals surface area contributed by atoms with Gasteiger partial charge in [-0.2, -0.15) is 26.3 Å². The monoisotopic (exact) mass is 583 g/mol. The summed E-state index contributed by atoms with van der Waals surface area (Å²) >= 11 is 0. The van der Waals surface area contributed by atoms with E-state index in [1.807, 2.05) is 24.4 Å². The lowest BCUT2D eigenvalue weighted by Gasteiger charge is -2.23. The third-order valence-corrected chi connectivity index (χ3v) is 5.70. The van der Waals surface area contributed by atoms with Gasteiger partial charge in [0.25, 0.3) is 0 Å². The maximum absolute atomic E-state index is 10.6. The molecule has 2 aromatic heterocycles. The molecule has 2 atom stereocenters. The lowest BCUT2D eigenvalue weighted by Crippen LogP contribution is -2.33. The summed E-state index contributed by atoms with van der Waals surface area (Å²) in [6.07, 6.45) is -2.62. The van der Waals surface area contributed by atoms with Crippen molar-refractivity contribution in [2.75, 3.05) is 26.8 Å². The minimum absolute atomic E-state index is 0.0744. The Hall–Kier alpha value is -3.50. The summed E-state index contributed by atoms with van der Waals surface area (Å²) in [5.41, 5.74) is 2.15. The lowest BCUT2D eigenvalue weighted by atomic mass is 9.98. The summed E-state index contributed by atoms with van der Waals surface area (Å²) in [7, 11) is 1.67. The molecule has 4 rings (SSSR count). The first kappa shape index (κ1) is 32.7. The molecule has 4 heterocycles. The van der Waals surface area contributed by atoms with Crippen LogP contribution < -0.4 is 4.74 Å². The van der Waals surface area contributed by atoms with E-state index >= 15 is 0 Å². The molecule has 222 valence electrons. The van der Waals surface area contributed by atoms with Crippen LogP contribution in [0.5, 0.6) is 5.88 Å². The summed E-state index contributed by atoms with van der Waals surface area (Å²) in [5, 5.41) is 14.2. The van der Waals surface area contributed by atoms with Gasteiger partial charge in [0.2, 0.25) is 5.88 Å². The number of pyridine rings is 2. The predicted molar refractivity (Wildman–Crippen MR) is 124 cm³/mol. The molecule has 0 amide bonds. The van der Waals surface area contributed by atoms with Crippen molar-refractivity contribution in [3.05, 3.63) is 54.0 Å². The molecule has 0 saturated carbocycles. The third kappa shape index (κ3) is 10.6. The maximum Gasteiger partial charge on any atom is 0.490 e. The van der Waals surface area contributed by atoms with Crippen LogP contribution in [0, 0.1) is 0 Å². The minimum atomic E-state index is -5.08. The van der Waals surface area contributed by atoms with Gasteiger partial charge in [0.15, 0.2) is 0 Å². The van der Waals surface area contributed by atoms with Gasteiger partial charge in [-0.25, -0.2) is 14.6 Å². The van der Waals surface area contributed by atoms with E-state index in [1.165, 1.54) is 0 Å². The average Bonchev–Trinajstić information content (AvgIpc) is 3.48. The standard InChI is InChI=1S/C20H25N3O3.2C2HF3O2/c1-24-19-17(5-3-8-22-19)12-23-9-6-20(15-23)10-18(14-26-20)25-13-16-4-2-7-21-11-16;2*3-2(4,5)1(6)7/h2-5,7-8,11,18H,6,9-10,12-15H2,1H3;2*(H,6,7)/t18-,20+;;/m1../s1. The SMILES string of the molecule is COc1ncccc1CN1CC[C@]2(C[C@@H](OCc3cccnc3)CO2)C1.O=C(O)C(F)(F)F.O=C(O)C(F)(F)F. The van der Waals surface area contributed by atoms with Gasteiger partial charge >= 0.3 is 24.3 Å². The number of likely N-dealkylation sites (tertiary alicyclic amines) is 1. The molecule has 0 radical (unpaired) electrons. The van der Waals surface area contributed by atoms with Gasteiger partial charge in [0, 0.05) is 50.2 Å². The van der Waals surface area contributed by atoms with Gasteiger partial charge in [-0.1, -0.05) is 12.1 Å². The zero-order chi connectivity index (χ0) is 30.0. The van der Waals surface area contributed by atoms with E-state index in [0.29, 0.717) is 19.1 Å². The van der Waals surface area contributed by atoms with Crippen LogP contribution >= 0.6 is 0 Å². The second-order valence-electron chi connectivity index (χ2n) is 8.73. The number of methoxy groups -OCH3 is 1. The van der Waals surface area contributed by atoms with Crippen LogP contribution in [-0.2, 0) is 32.2 Å². The van der Waals surface area contributed by atoms with Crippen LogP contribution in [0.25, 0.3) is 0 Å². The molecule has 0 aliphatic carbocycles. The maximum atomic E-state index is 10.6. The lowest BCUT2D eigenvalue weighted by molar-refractivity contribution is -0.193. The first-order chi connectivity index (χ1) is 18.6. The van der Waals surface area contributed by atoms with E-state index in [2.05, 4.69) is 20.9 Å². The molecule has 0 unspecified atom stereocenters. The number of hydrogen-bond acceptors (Lipinski definition) is 8. The first-order valence-electron chi connectivity index (χ1n) is 11.6. The Labute approximate surface area is 224 Å². The quantitative estimate of drug-likeness (QED) is 0.486. The van der Waals surface area contributed by atoms with Crippen molar-refractivity contribution in [1.82, 2.24) is 14.9 Å². The molecule has 0 aromatic carbocycles. The van der Waals surface area contributed by atoms with Gasteiger partial charge in [-0.3, -0.25) is 9.88 Å². The summed E-state index contributed by atoms with van der Waals surface area (Å²) in [6.45, 7) is 4.05. The number of carboxylic acids is 2. The summed E-state index contributed by atoms with van der Waals surface area (Å²) < 4.78 is 81.1. The van der Waals surface area contributed by atoms with Crippen LogP contribution in [0.3, 0.4) is 0 Å². The molecule has 2 saturated heterocycles. The number of aliphatic carboxylic acids is 2. The summed E-state index contributed by atoms with van der Waals surface area (Å²) in [5.74, 6) is -4.81. The number of carboxylic acid groups (broad SMARTS) is 2. The molecule has 10 nitrogen and oxygen atoms in total. The van der Waals surface area contributed by atoms with Crippen molar-refractivity contribution >= 4 is 11.9 Å². The van der Waals surface area contributed by atoms with Crippen molar-refractivity contribution in [2.45, 2.75) is 50.1 Å². The number of carbonyl (C=O) groups is 2. The first-order valence-corrected chi connectivity index (χ1v) is 11.6. The fraction of sp³-hybridized carbons (Fsp3) is 0.500. The van der Waals surface area contributed by atoms with Crippen LogP contribution in [0.15, 0.2) is 42.9 Å². The van der Waals surface area contributed by atoms with E-state index < -0.39 is 24.3 Å². The van der Waals surface area contributed by atoms with Gasteiger partial charge in [0.05, 0.1) is 32.0 Å². The number of alkyl halides is 6. The van der Waals surface area contributed by atoms with E-state index in [4.69, 9.17) is 34.0 Å². The molecule has 2 fully saturated rings. The van der Waals surface area contributed by atoms with Crippen molar-refractivity contribution in [2.24, 2.45) is 0 Å². The summed E-state index contributed by atoms with van der Waals surface area (Å²) in [4.78, 5) is 28.6. The van der Waals surface area contributed by atoms with Crippen molar-refractivity contribution in [3.8, 4) is 5.88 Å². The molecule has 2 aromatic rings. The zero-order valence-corrected chi connectivity index (χ0v) is 21.1. The predicted octanol–water partition coefficient (Wildman–Crippen LogP) is 3.70. The van der Waals surface area contributed by atoms with Gasteiger partial charge in [-0.15, -0.1) is 0 Å². The number of hydrogen-bond donors (Lipinski definition) is 2.